The molecule has 27 heavy (non-hydrogen) atoms. The van der Waals surface area contributed by atoms with Crippen LogP contribution in [0, 0.1) is 5.82 Å². The number of carbonyl (C=O) groups is 1. The van der Waals surface area contributed by atoms with Crippen molar-refractivity contribution in [2.75, 3.05) is 23.9 Å². The number of halogens is 1. The van der Waals surface area contributed by atoms with Crippen molar-refractivity contribution in [2.24, 2.45) is 5.10 Å². The number of amides is 1. The molecular weight excluding hydrogens is 377 g/mol. The van der Waals surface area contributed by atoms with Gasteiger partial charge in [0.25, 0.3) is 5.91 Å². The molecule has 1 aliphatic rings. The van der Waals surface area contributed by atoms with Gasteiger partial charge in [-0.2, -0.15) is 5.10 Å². The molecule has 0 radical (unpaired) electrons. The van der Waals surface area contributed by atoms with Crippen LogP contribution >= 0.6 is 0 Å². The second kappa shape index (κ2) is 7.62. The number of nitrogens with one attached hydrogen (secondary N) is 1. The SMILES string of the molecule is CS(=O)(=O)N(CC(=O)N/N=C\c1ccc2c(c1)OCO2)c1ccccc1F. The minimum absolute atomic E-state index is 0.143. The van der Waals surface area contributed by atoms with Crippen LogP contribution in [-0.4, -0.2) is 40.1 Å². The van der Waals surface area contributed by atoms with E-state index in [0.717, 1.165) is 12.3 Å². The van der Waals surface area contributed by atoms with E-state index in [1.54, 1.807) is 18.2 Å². The van der Waals surface area contributed by atoms with Gasteiger partial charge < -0.3 is 9.47 Å². The summed E-state index contributed by atoms with van der Waals surface area (Å²) < 4.78 is 48.9. The molecule has 1 amide bonds. The molecule has 0 aromatic heterocycles. The highest BCUT2D eigenvalue weighted by atomic mass is 32.2. The van der Waals surface area contributed by atoms with Gasteiger partial charge in [0.2, 0.25) is 16.8 Å². The maximum absolute atomic E-state index is 13.9. The van der Waals surface area contributed by atoms with Crippen LogP contribution < -0.4 is 19.2 Å². The second-order valence-electron chi connectivity index (χ2n) is 5.63. The van der Waals surface area contributed by atoms with E-state index in [9.17, 15) is 17.6 Å². The number of hydrogen-bond acceptors (Lipinski definition) is 6. The highest BCUT2D eigenvalue weighted by molar-refractivity contribution is 7.92. The van der Waals surface area contributed by atoms with Crippen LogP contribution in [0.4, 0.5) is 10.1 Å². The van der Waals surface area contributed by atoms with Crippen molar-refractivity contribution in [3.05, 3.63) is 53.8 Å². The summed E-state index contributed by atoms with van der Waals surface area (Å²) in [5, 5.41) is 3.78. The zero-order valence-electron chi connectivity index (χ0n) is 14.3. The van der Waals surface area contributed by atoms with Crippen LogP contribution in [0.5, 0.6) is 11.5 Å². The Labute approximate surface area is 155 Å². The fourth-order valence-electron chi connectivity index (χ4n) is 2.37. The monoisotopic (exact) mass is 393 g/mol. The average Bonchev–Trinajstić information content (AvgIpc) is 3.07. The molecule has 0 fully saturated rings. The normalized spacial score (nSPS) is 13.0. The minimum Gasteiger partial charge on any atom is -0.454 e. The Bertz CT molecular complexity index is 994. The number of rotatable bonds is 6. The molecule has 0 aliphatic carbocycles. The number of hydrogen-bond donors (Lipinski definition) is 1. The number of ether oxygens (including phenoxy) is 2. The van der Waals surface area contributed by atoms with E-state index < -0.39 is 28.3 Å². The molecule has 1 heterocycles. The predicted octanol–water partition coefficient (Wildman–Crippen LogP) is 1.47. The van der Waals surface area contributed by atoms with E-state index in [0.29, 0.717) is 21.4 Å². The standard InChI is InChI=1S/C17H16FN3O5S/c1-27(23,24)21(14-5-3-2-4-13(14)18)10-17(22)20-19-9-12-6-7-15-16(8-12)26-11-25-15/h2-9H,10-11H2,1H3,(H,20,22)/b19-9-. The topological polar surface area (TPSA) is 97.3 Å². The van der Waals surface area contributed by atoms with Gasteiger partial charge >= 0.3 is 0 Å². The lowest BCUT2D eigenvalue weighted by molar-refractivity contribution is -0.119. The Balaban J connectivity index is 1.67. The summed E-state index contributed by atoms with van der Waals surface area (Å²) in [6.07, 6.45) is 2.26. The van der Waals surface area contributed by atoms with Crippen molar-refractivity contribution in [3.8, 4) is 11.5 Å². The van der Waals surface area contributed by atoms with Gasteiger partial charge in [0, 0.05) is 0 Å². The molecule has 0 bridgehead atoms. The zero-order chi connectivity index (χ0) is 19.4. The Kier molecular flexibility index (Phi) is 5.26. The summed E-state index contributed by atoms with van der Waals surface area (Å²) >= 11 is 0. The molecule has 2 aromatic carbocycles. The van der Waals surface area contributed by atoms with Gasteiger partial charge in [-0.15, -0.1) is 0 Å². The summed E-state index contributed by atoms with van der Waals surface area (Å²) in [5.41, 5.74) is 2.65. The van der Waals surface area contributed by atoms with E-state index in [1.807, 2.05) is 0 Å². The maximum atomic E-state index is 13.9. The third kappa shape index (κ3) is 4.53. The van der Waals surface area contributed by atoms with E-state index >= 15 is 0 Å². The van der Waals surface area contributed by atoms with Gasteiger partial charge in [0.05, 0.1) is 18.2 Å². The first-order chi connectivity index (χ1) is 12.8. The van der Waals surface area contributed by atoms with Gasteiger partial charge in [-0.25, -0.2) is 18.2 Å². The lowest BCUT2D eigenvalue weighted by Gasteiger charge is -2.21. The molecule has 1 aliphatic heterocycles. The number of carbonyl (C=O) groups excluding carboxylic acids is 1. The van der Waals surface area contributed by atoms with Crippen molar-refractivity contribution >= 4 is 27.8 Å². The van der Waals surface area contributed by atoms with Gasteiger partial charge in [0.15, 0.2) is 11.5 Å². The molecule has 0 atom stereocenters. The Morgan fingerprint density at radius 1 is 1.26 bits per heavy atom. The fraction of sp³-hybridized carbons (Fsp3) is 0.176. The number of fused-ring (bicyclic) bond motifs is 1. The van der Waals surface area contributed by atoms with Crippen molar-refractivity contribution < 1.29 is 27.1 Å². The summed E-state index contributed by atoms with van der Waals surface area (Å²) in [6.45, 7) is -0.470. The van der Waals surface area contributed by atoms with Crippen molar-refractivity contribution in [1.82, 2.24) is 5.43 Å². The molecule has 0 saturated carbocycles. The van der Waals surface area contributed by atoms with E-state index in [-0.39, 0.29) is 12.5 Å². The van der Waals surface area contributed by atoms with Gasteiger partial charge in [-0.3, -0.25) is 9.10 Å². The number of anilines is 1. The number of nitrogens with zero attached hydrogens (tertiary/aromatic N) is 2. The van der Waals surface area contributed by atoms with E-state index in [2.05, 4.69) is 10.5 Å². The number of hydrazone groups is 1. The van der Waals surface area contributed by atoms with Crippen molar-refractivity contribution in [1.29, 1.82) is 0 Å². The molecule has 0 saturated heterocycles. The Hall–Kier alpha value is -3.14. The Morgan fingerprint density at radius 2 is 2.00 bits per heavy atom. The zero-order valence-corrected chi connectivity index (χ0v) is 15.1. The summed E-state index contributed by atoms with van der Waals surface area (Å²) in [7, 11) is -3.87. The van der Waals surface area contributed by atoms with Crippen LogP contribution in [0.1, 0.15) is 5.56 Å². The highest BCUT2D eigenvalue weighted by Gasteiger charge is 2.23. The van der Waals surface area contributed by atoms with Crippen molar-refractivity contribution in [2.45, 2.75) is 0 Å². The second-order valence-corrected chi connectivity index (χ2v) is 7.53. The van der Waals surface area contributed by atoms with E-state index in [1.165, 1.54) is 24.4 Å². The predicted molar refractivity (Wildman–Crippen MR) is 96.9 cm³/mol. The number of sulfonamides is 1. The first-order valence-electron chi connectivity index (χ1n) is 7.78. The molecule has 3 rings (SSSR count). The van der Waals surface area contributed by atoms with Crippen LogP contribution in [0.2, 0.25) is 0 Å². The molecule has 0 spiro atoms. The van der Waals surface area contributed by atoms with Gasteiger partial charge in [-0.1, -0.05) is 12.1 Å². The minimum atomic E-state index is -3.87. The lowest BCUT2D eigenvalue weighted by atomic mass is 10.2. The maximum Gasteiger partial charge on any atom is 0.260 e. The van der Waals surface area contributed by atoms with Crippen LogP contribution in [-0.2, 0) is 14.8 Å². The third-order valence-electron chi connectivity index (χ3n) is 3.61. The first kappa shape index (κ1) is 18.6. The van der Waals surface area contributed by atoms with Gasteiger partial charge in [-0.05, 0) is 35.9 Å². The van der Waals surface area contributed by atoms with Crippen LogP contribution in [0.3, 0.4) is 0 Å². The van der Waals surface area contributed by atoms with Gasteiger partial charge in [0.1, 0.15) is 12.4 Å². The molecule has 8 nitrogen and oxygen atoms in total. The number of para-hydroxylation sites is 1. The highest BCUT2D eigenvalue weighted by Crippen LogP contribution is 2.31. The van der Waals surface area contributed by atoms with E-state index in [4.69, 9.17) is 9.47 Å². The largest absolute Gasteiger partial charge is 0.454 e. The lowest BCUT2D eigenvalue weighted by Crippen LogP contribution is -2.39. The summed E-state index contributed by atoms with van der Waals surface area (Å²) in [5.74, 6) is -0.293. The Morgan fingerprint density at radius 3 is 2.74 bits per heavy atom. The fourth-order valence-corrected chi connectivity index (χ4v) is 3.23. The molecule has 1 N–H and O–H groups in total. The van der Waals surface area contributed by atoms with Crippen molar-refractivity contribution in [3.63, 3.8) is 0 Å². The summed E-state index contributed by atoms with van der Waals surface area (Å²) in [6, 6.07) is 10.4. The quantitative estimate of drug-likeness (QED) is 0.592. The summed E-state index contributed by atoms with van der Waals surface area (Å²) in [4.78, 5) is 12.1. The van der Waals surface area contributed by atoms with Crippen LogP contribution in [0.15, 0.2) is 47.6 Å². The first-order valence-corrected chi connectivity index (χ1v) is 9.63. The van der Waals surface area contributed by atoms with Crippen LogP contribution in [0.25, 0.3) is 0 Å². The molecule has 10 heteroatoms. The average molecular weight is 393 g/mol. The molecule has 2 aromatic rings. The molecule has 0 unspecified atom stereocenters. The number of benzene rings is 2. The smallest absolute Gasteiger partial charge is 0.260 e. The molecule has 142 valence electrons. The molecular formula is C17H16FN3O5S. The third-order valence-corrected chi connectivity index (χ3v) is 4.73.